The van der Waals surface area contributed by atoms with Crippen LogP contribution in [0.4, 0.5) is 10.2 Å². The molecule has 0 N–H and O–H groups in total. The van der Waals surface area contributed by atoms with Crippen molar-refractivity contribution in [2.45, 2.75) is 4.90 Å². The van der Waals surface area contributed by atoms with Crippen LogP contribution in [0.3, 0.4) is 0 Å². The molecule has 0 amide bonds. The molecule has 1 saturated heterocycles. The van der Waals surface area contributed by atoms with Crippen molar-refractivity contribution in [2.75, 3.05) is 31.1 Å². The first-order chi connectivity index (χ1) is 15.5. The summed E-state index contributed by atoms with van der Waals surface area (Å²) in [5.74, 6) is 1.24. The summed E-state index contributed by atoms with van der Waals surface area (Å²) in [5, 5.41) is 4.26. The normalized spacial score (nSPS) is 14.9. The van der Waals surface area contributed by atoms with Gasteiger partial charge in [0.05, 0.1) is 11.8 Å². The number of halogens is 1. The first-order valence-corrected chi connectivity index (χ1v) is 11.1. The van der Waals surface area contributed by atoms with Gasteiger partial charge in [-0.1, -0.05) is 24.8 Å². The number of anilines is 1. The van der Waals surface area contributed by atoms with Gasteiger partial charge in [-0.2, -0.15) is 5.10 Å². The Morgan fingerprint density at radius 2 is 1.88 bits per heavy atom. The Kier molecular flexibility index (Phi) is 5.40. The van der Waals surface area contributed by atoms with Crippen LogP contribution in [0.15, 0.2) is 54.5 Å². The first kappa shape index (κ1) is 20.7. The smallest absolute Gasteiger partial charge is 0.165 e. The molecule has 0 spiro atoms. The topological polar surface area (TPSA) is 67.9 Å². The van der Waals surface area contributed by atoms with Crippen molar-refractivity contribution in [3.8, 4) is 11.4 Å². The second kappa shape index (κ2) is 8.36. The largest absolute Gasteiger partial charge is 0.352 e. The first-order valence-electron chi connectivity index (χ1n) is 10.3. The van der Waals surface area contributed by atoms with Crippen LogP contribution in [0.1, 0.15) is 5.56 Å². The van der Waals surface area contributed by atoms with Crippen molar-refractivity contribution >= 4 is 34.8 Å². The average molecular weight is 451 g/mol. The van der Waals surface area contributed by atoms with Crippen molar-refractivity contribution in [1.82, 2.24) is 33.6 Å². The summed E-state index contributed by atoms with van der Waals surface area (Å²) in [4.78, 5) is 17.0. The SMILES string of the molecule is C=C(F)c1ccccc1SN1CCN(c2ncnc3c2nc(-c2cnn(C)c2)n3C)CC1. The molecule has 5 rings (SSSR count). The molecule has 32 heavy (non-hydrogen) atoms. The predicted octanol–water partition coefficient (Wildman–Crippen LogP) is 3.53. The lowest BCUT2D eigenvalue weighted by Gasteiger charge is -2.34. The van der Waals surface area contributed by atoms with E-state index in [0.717, 1.165) is 59.4 Å². The number of fused-ring (bicyclic) bond motifs is 1. The van der Waals surface area contributed by atoms with E-state index >= 15 is 0 Å². The minimum atomic E-state index is -0.408. The molecule has 0 saturated carbocycles. The van der Waals surface area contributed by atoms with E-state index in [9.17, 15) is 4.39 Å². The van der Waals surface area contributed by atoms with Gasteiger partial charge in [0.1, 0.15) is 18.0 Å². The number of aryl methyl sites for hydroxylation is 2. The van der Waals surface area contributed by atoms with Crippen LogP contribution in [-0.2, 0) is 14.1 Å². The van der Waals surface area contributed by atoms with Crippen molar-refractivity contribution in [2.24, 2.45) is 14.1 Å². The Labute approximate surface area is 189 Å². The van der Waals surface area contributed by atoms with E-state index in [1.165, 1.54) is 0 Å². The molecule has 0 aliphatic carbocycles. The minimum absolute atomic E-state index is 0.408. The fraction of sp³-hybridized carbons (Fsp3) is 0.273. The van der Waals surface area contributed by atoms with Crippen molar-refractivity contribution in [3.63, 3.8) is 0 Å². The lowest BCUT2D eigenvalue weighted by Crippen LogP contribution is -2.44. The molecule has 8 nitrogen and oxygen atoms in total. The van der Waals surface area contributed by atoms with Gasteiger partial charge in [-0.3, -0.25) is 4.68 Å². The summed E-state index contributed by atoms with van der Waals surface area (Å²) in [6.45, 7) is 6.66. The molecule has 0 atom stereocenters. The molecule has 1 aliphatic rings. The summed E-state index contributed by atoms with van der Waals surface area (Å²) in [7, 11) is 3.84. The summed E-state index contributed by atoms with van der Waals surface area (Å²) >= 11 is 1.57. The third-order valence-corrected chi connectivity index (χ3v) is 6.72. The van der Waals surface area contributed by atoms with Crippen molar-refractivity contribution < 1.29 is 4.39 Å². The van der Waals surface area contributed by atoms with E-state index < -0.39 is 5.83 Å². The lowest BCUT2D eigenvalue weighted by atomic mass is 10.2. The monoisotopic (exact) mass is 450 g/mol. The molecule has 4 heterocycles. The predicted molar refractivity (Wildman–Crippen MR) is 125 cm³/mol. The molecule has 0 bridgehead atoms. The summed E-state index contributed by atoms with van der Waals surface area (Å²) in [6, 6.07) is 7.44. The number of hydrogen-bond donors (Lipinski definition) is 0. The van der Waals surface area contributed by atoms with E-state index in [0.29, 0.717) is 5.56 Å². The average Bonchev–Trinajstić information content (AvgIpc) is 3.37. The molecule has 1 fully saturated rings. The van der Waals surface area contributed by atoms with E-state index in [2.05, 4.69) is 30.9 Å². The second-order valence-electron chi connectivity index (χ2n) is 7.68. The van der Waals surface area contributed by atoms with Gasteiger partial charge in [0.2, 0.25) is 0 Å². The van der Waals surface area contributed by atoms with Crippen LogP contribution in [0, 0.1) is 0 Å². The maximum Gasteiger partial charge on any atom is 0.165 e. The molecule has 4 aromatic rings. The molecule has 0 unspecified atom stereocenters. The van der Waals surface area contributed by atoms with Crippen LogP contribution in [-0.4, -0.2) is 59.8 Å². The molecule has 164 valence electrons. The van der Waals surface area contributed by atoms with Gasteiger partial charge >= 0.3 is 0 Å². The molecular weight excluding hydrogens is 427 g/mol. The molecule has 3 aromatic heterocycles. The van der Waals surface area contributed by atoms with Crippen LogP contribution in [0.25, 0.3) is 28.4 Å². The summed E-state index contributed by atoms with van der Waals surface area (Å²) < 4.78 is 19.8. The fourth-order valence-electron chi connectivity index (χ4n) is 3.91. The van der Waals surface area contributed by atoms with Gasteiger partial charge in [0.25, 0.3) is 0 Å². The Morgan fingerprint density at radius 1 is 1.09 bits per heavy atom. The molecule has 1 aromatic carbocycles. The van der Waals surface area contributed by atoms with E-state index in [1.807, 2.05) is 43.1 Å². The lowest BCUT2D eigenvalue weighted by molar-refractivity contribution is 0.428. The van der Waals surface area contributed by atoms with Crippen LogP contribution < -0.4 is 4.90 Å². The number of nitrogens with zero attached hydrogens (tertiary/aromatic N) is 8. The van der Waals surface area contributed by atoms with Gasteiger partial charge in [0.15, 0.2) is 17.0 Å². The maximum absolute atomic E-state index is 13.8. The van der Waals surface area contributed by atoms with E-state index in [1.54, 1.807) is 35.2 Å². The van der Waals surface area contributed by atoms with Crippen LogP contribution in [0.2, 0.25) is 0 Å². The Balaban J connectivity index is 1.36. The van der Waals surface area contributed by atoms with Crippen LogP contribution >= 0.6 is 11.9 Å². The highest BCUT2D eigenvalue weighted by Crippen LogP contribution is 2.33. The number of benzene rings is 1. The molecule has 10 heteroatoms. The molecule has 0 radical (unpaired) electrons. The molecule has 1 aliphatic heterocycles. The van der Waals surface area contributed by atoms with Gasteiger partial charge in [-0.25, -0.2) is 23.6 Å². The zero-order valence-electron chi connectivity index (χ0n) is 17.9. The quantitative estimate of drug-likeness (QED) is 0.431. The van der Waals surface area contributed by atoms with Gasteiger partial charge in [0, 0.05) is 56.9 Å². The minimum Gasteiger partial charge on any atom is -0.352 e. The van der Waals surface area contributed by atoms with Gasteiger partial charge < -0.3 is 9.47 Å². The Hall–Kier alpha value is -3.24. The Bertz CT molecular complexity index is 1290. The van der Waals surface area contributed by atoms with Crippen molar-refractivity contribution in [3.05, 3.63) is 55.1 Å². The van der Waals surface area contributed by atoms with Crippen molar-refractivity contribution in [1.29, 1.82) is 0 Å². The number of piperazine rings is 1. The number of hydrogen-bond acceptors (Lipinski definition) is 7. The third kappa shape index (κ3) is 3.76. The number of imidazole rings is 1. The highest BCUT2D eigenvalue weighted by molar-refractivity contribution is 7.97. The van der Waals surface area contributed by atoms with Gasteiger partial charge in [-0.05, 0) is 18.0 Å². The van der Waals surface area contributed by atoms with Gasteiger partial charge in [-0.15, -0.1) is 0 Å². The molecular formula is C22H23FN8S. The maximum atomic E-state index is 13.8. The van der Waals surface area contributed by atoms with E-state index in [-0.39, 0.29) is 0 Å². The zero-order valence-corrected chi connectivity index (χ0v) is 18.8. The highest BCUT2D eigenvalue weighted by Gasteiger charge is 2.24. The summed E-state index contributed by atoms with van der Waals surface area (Å²) in [5.41, 5.74) is 3.07. The zero-order chi connectivity index (χ0) is 22.2. The Morgan fingerprint density at radius 3 is 2.59 bits per heavy atom. The third-order valence-electron chi connectivity index (χ3n) is 5.54. The second-order valence-corrected chi connectivity index (χ2v) is 8.81. The standard InChI is InChI=1S/C22H23FN8S/c1-15(23)17-6-4-5-7-18(17)32-31-10-8-30(9-11-31)22-19-21(24-14-25-22)29(3)20(27-19)16-12-26-28(2)13-16/h4-7,12-14H,1,8-11H2,2-3H3. The number of rotatable bonds is 5. The fourth-order valence-corrected chi connectivity index (χ4v) is 4.95. The van der Waals surface area contributed by atoms with E-state index in [4.69, 9.17) is 4.98 Å². The summed E-state index contributed by atoms with van der Waals surface area (Å²) in [6.07, 6.45) is 5.33. The highest BCUT2D eigenvalue weighted by atomic mass is 32.2. The van der Waals surface area contributed by atoms with Crippen LogP contribution in [0.5, 0.6) is 0 Å². The number of aromatic nitrogens is 6.